The predicted molar refractivity (Wildman–Crippen MR) is 56.4 cm³/mol. The van der Waals surface area contributed by atoms with Gasteiger partial charge in [-0.25, -0.2) is 0 Å². The summed E-state index contributed by atoms with van der Waals surface area (Å²) in [5.74, 6) is -0.419. The molecule has 1 aromatic rings. The summed E-state index contributed by atoms with van der Waals surface area (Å²) in [5, 5.41) is 0. The number of aliphatic imine (C=N–C) groups is 1. The minimum atomic E-state index is -0.419. The second kappa shape index (κ2) is 6.36. The van der Waals surface area contributed by atoms with Crippen LogP contribution in [0.4, 0.5) is 5.69 Å². The number of ether oxygens (including phenoxy) is 1. The summed E-state index contributed by atoms with van der Waals surface area (Å²) in [6.07, 6.45) is 1.19. The van der Waals surface area contributed by atoms with Gasteiger partial charge in [0.2, 0.25) is 0 Å². The summed E-state index contributed by atoms with van der Waals surface area (Å²) >= 11 is 2.42. The molecular weight excluding hydrogens is 279 g/mol. The number of benzene rings is 1. The molecule has 0 bridgehead atoms. The molecule has 80 valence electrons. The van der Waals surface area contributed by atoms with Crippen molar-refractivity contribution in [3.05, 3.63) is 29.8 Å². The molecule has 0 radical (unpaired) electrons. The fraction of sp³-hybridized carbons (Fsp3) is 0.182. The van der Waals surface area contributed by atoms with E-state index in [0.717, 1.165) is 11.3 Å². The first-order valence-electron chi connectivity index (χ1n) is 4.49. The van der Waals surface area contributed by atoms with Gasteiger partial charge in [0, 0.05) is 0 Å². The topological polar surface area (TPSA) is 38.7 Å². The Kier molecular flexibility index (Phi) is 5.05. The monoisotopic (exact) mass is 291 g/mol. The van der Waals surface area contributed by atoms with Crippen LogP contribution in [-0.2, 0) is 27.4 Å². The molecule has 15 heavy (non-hydrogen) atoms. The van der Waals surface area contributed by atoms with E-state index >= 15 is 0 Å². The molecule has 0 atom stereocenters. The standard InChI is InChI=1S/C11H11NO2.Ru/c1-3-14-11(13)8-12-10-7-5-4-6-9(10)2;/h2,4-8H,3H2,1H3;. The van der Waals surface area contributed by atoms with Gasteiger partial charge in [-0.15, -0.1) is 0 Å². The Morgan fingerprint density at radius 1 is 1.53 bits per heavy atom. The summed E-state index contributed by atoms with van der Waals surface area (Å²) in [7, 11) is 0. The predicted octanol–water partition coefficient (Wildman–Crippen LogP) is 1.65. The van der Waals surface area contributed by atoms with Gasteiger partial charge in [0.25, 0.3) is 0 Å². The third-order valence-corrected chi connectivity index (χ3v) is 2.18. The van der Waals surface area contributed by atoms with Gasteiger partial charge in [-0.1, -0.05) is 0 Å². The van der Waals surface area contributed by atoms with Crippen LogP contribution in [0.3, 0.4) is 0 Å². The Bertz CT molecular complexity index is 388. The number of esters is 1. The van der Waals surface area contributed by atoms with E-state index in [-0.39, 0.29) is 0 Å². The summed E-state index contributed by atoms with van der Waals surface area (Å²) in [6, 6.07) is 7.56. The van der Waals surface area contributed by atoms with Crippen LogP contribution >= 0.6 is 0 Å². The van der Waals surface area contributed by atoms with Gasteiger partial charge in [0.1, 0.15) is 0 Å². The quantitative estimate of drug-likeness (QED) is 0.480. The first-order valence-corrected chi connectivity index (χ1v) is 5.50. The van der Waals surface area contributed by atoms with Gasteiger partial charge in [0.05, 0.1) is 0 Å². The SMILES string of the molecule is CCOC(=O)C=Nc1ccccc1[CH]=[Ru]. The average Bonchev–Trinajstić information content (AvgIpc) is 2.27. The molecule has 0 saturated heterocycles. The maximum absolute atomic E-state index is 11.0. The number of carbonyl (C=O) groups is 1. The van der Waals surface area contributed by atoms with Gasteiger partial charge in [-0.05, 0) is 0 Å². The van der Waals surface area contributed by atoms with E-state index < -0.39 is 5.97 Å². The molecule has 0 aliphatic carbocycles. The zero-order chi connectivity index (χ0) is 11.1. The Morgan fingerprint density at radius 2 is 2.27 bits per heavy atom. The maximum atomic E-state index is 11.0. The first-order chi connectivity index (χ1) is 7.27. The molecule has 0 N–H and O–H groups in total. The molecule has 0 amide bonds. The van der Waals surface area contributed by atoms with Crippen molar-refractivity contribution in [3.63, 3.8) is 0 Å². The molecule has 1 rings (SSSR count). The molecule has 0 saturated carbocycles. The van der Waals surface area contributed by atoms with Gasteiger partial charge in [-0.3, -0.25) is 0 Å². The normalized spacial score (nSPS) is 10.3. The van der Waals surface area contributed by atoms with Crippen LogP contribution in [0.25, 0.3) is 0 Å². The van der Waals surface area contributed by atoms with Crippen molar-refractivity contribution in [2.75, 3.05) is 6.61 Å². The van der Waals surface area contributed by atoms with Crippen molar-refractivity contribution in [3.8, 4) is 0 Å². The molecule has 0 heterocycles. The zero-order valence-corrected chi connectivity index (χ0v) is 10.0. The summed E-state index contributed by atoms with van der Waals surface area (Å²) < 4.78 is 6.61. The molecular formula is C11H11NO2Ru. The Labute approximate surface area is 98.4 Å². The van der Waals surface area contributed by atoms with E-state index in [1.54, 1.807) is 6.92 Å². The van der Waals surface area contributed by atoms with E-state index in [2.05, 4.69) is 22.8 Å². The fourth-order valence-corrected chi connectivity index (χ4v) is 1.42. The van der Waals surface area contributed by atoms with Gasteiger partial charge < -0.3 is 0 Å². The van der Waals surface area contributed by atoms with Crippen LogP contribution in [0.15, 0.2) is 29.3 Å². The van der Waals surface area contributed by atoms with Crippen molar-refractivity contribution in [1.82, 2.24) is 0 Å². The van der Waals surface area contributed by atoms with Crippen molar-refractivity contribution in [1.29, 1.82) is 0 Å². The summed E-state index contributed by atoms with van der Waals surface area (Å²) in [4.78, 5) is 15.1. The Hall–Kier alpha value is -1.15. The van der Waals surface area contributed by atoms with Crippen molar-refractivity contribution >= 4 is 22.5 Å². The van der Waals surface area contributed by atoms with Crippen LogP contribution in [0.2, 0.25) is 0 Å². The van der Waals surface area contributed by atoms with Crippen molar-refractivity contribution in [2.45, 2.75) is 6.92 Å². The molecule has 1 aromatic carbocycles. The molecule has 0 fully saturated rings. The number of nitrogens with zero attached hydrogens (tertiary/aromatic N) is 1. The van der Waals surface area contributed by atoms with Crippen molar-refractivity contribution in [2.24, 2.45) is 4.99 Å². The van der Waals surface area contributed by atoms with Crippen LogP contribution in [-0.4, -0.2) is 23.4 Å². The minimum absolute atomic E-state index is 0.364. The zero-order valence-electron chi connectivity index (χ0n) is 8.29. The number of rotatable bonds is 4. The molecule has 0 aliphatic heterocycles. The van der Waals surface area contributed by atoms with Crippen LogP contribution in [0, 0.1) is 0 Å². The molecule has 0 aliphatic rings. The Balaban J connectivity index is 2.79. The van der Waals surface area contributed by atoms with Crippen LogP contribution in [0.1, 0.15) is 12.5 Å². The molecule has 4 heteroatoms. The molecule has 0 unspecified atom stereocenters. The van der Waals surface area contributed by atoms with Gasteiger partial charge >= 0.3 is 98.2 Å². The second-order valence-corrected chi connectivity index (χ2v) is 3.17. The van der Waals surface area contributed by atoms with E-state index in [1.807, 2.05) is 28.9 Å². The van der Waals surface area contributed by atoms with Gasteiger partial charge in [0.15, 0.2) is 0 Å². The first kappa shape index (κ1) is 11.9. The second-order valence-electron chi connectivity index (χ2n) is 2.67. The van der Waals surface area contributed by atoms with E-state index in [9.17, 15) is 4.79 Å². The van der Waals surface area contributed by atoms with E-state index in [1.165, 1.54) is 6.21 Å². The number of hydrogen-bond donors (Lipinski definition) is 0. The average molecular weight is 290 g/mol. The third kappa shape index (κ3) is 3.84. The summed E-state index contributed by atoms with van der Waals surface area (Å²) in [5.41, 5.74) is 1.72. The Morgan fingerprint density at radius 3 is 2.93 bits per heavy atom. The number of carbonyl (C=O) groups excluding carboxylic acids is 1. The van der Waals surface area contributed by atoms with E-state index in [0.29, 0.717) is 6.61 Å². The van der Waals surface area contributed by atoms with E-state index in [4.69, 9.17) is 4.74 Å². The number of hydrogen-bond acceptors (Lipinski definition) is 3. The molecule has 0 spiro atoms. The third-order valence-electron chi connectivity index (χ3n) is 1.64. The summed E-state index contributed by atoms with van der Waals surface area (Å²) in [6.45, 7) is 2.12. The molecule has 0 aromatic heterocycles. The van der Waals surface area contributed by atoms with Gasteiger partial charge in [-0.2, -0.15) is 0 Å². The van der Waals surface area contributed by atoms with Crippen molar-refractivity contribution < 1.29 is 27.4 Å². The molecule has 3 nitrogen and oxygen atoms in total. The van der Waals surface area contributed by atoms with Crippen LogP contribution < -0.4 is 0 Å². The van der Waals surface area contributed by atoms with Crippen LogP contribution in [0.5, 0.6) is 0 Å². The fourth-order valence-electron chi connectivity index (χ4n) is 0.993. The number of para-hydroxylation sites is 1.